The number of halogens is 1. The molecule has 0 bridgehead atoms. The largest absolute Gasteiger partial charge is 0.506 e. The highest BCUT2D eigenvalue weighted by molar-refractivity contribution is 7.96. The molecule has 2 N–H and O–H groups in total. The molecule has 1 unspecified atom stereocenters. The van der Waals surface area contributed by atoms with Crippen LogP contribution in [-0.4, -0.2) is 19.4 Å². The Morgan fingerprint density at radius 2 is 1.65 bits per heavy atom. The van der Waals surface area contributed by atoms with Gasteiger partial charge >= 0.3 is 0 Å². The predicted octanol–water partition coefficient (Wildman–Crippen LogP) is 2.95. The van der Waals surface area contributed by atoms with Crippen LogP contribution in [0.5, 0.6) is 0 Å². The first kappa shape index (κ1) is 15.2. The summed E-state index contributed by atoms with van der Waals surface area (Å²) in [5, 5.41) is 12.5. The van der Waals surface area contributed by atoms with Gasteiger partial charge in [-0.15, -0.1) is 0 Å². The van der Waals surface area contributed by atoms with E-state index in [-0.39, 0.29) is 11.1 Å². The lowest BCUT2D eigenvalue weighted by Gasteiger charge is -2.22. The molecule has 0 aromatic heterocycles. The minimum absolute atomic E-state index is 0.00645. The number of nitrogens with one attached hydrogen (secondary N) is 1. The SMILES string of the molecule is O=C(Nc1ccccc1)C1=C(O)c2ccccc2C(F)S1(=O)=O. The van der Waals surface area contributed by atoms with E-state index in [2.05, 4.69) is 5.32 Å². The topological polar surface area (TPSA) is 83.5 Å². The molecule has 0 fully saturated rings. The summed E-state index contributed by atoms with van der Waals surface area (Å²) in [6.07, 6.45) is 0. The average molecular weight is 333 g/mol. The molecule has 0 spiro atoms. The predicted molar refractivity (Wildman–Crippen MR) is 83.8 cm³/mol. The van der Waals surface area contributed by atoms with E-state index in [0.29, 0.717) is 5.69 Å². The number of hydrogen-bond donors (Lipinski definition) is 2. The molecule has 23 heavy (non-hydrogen) atoms. The van der Waals surface area contributed by atoms with Gasteiger partial charge < -0.3 is 10.4 Å². The molecular formula is C16H12FNO4S. The molecule has 0 saturated heterocycles. The number of amides is 1. The Labute approximate surface area is 132 Å². The van der Waals surface area contributed by atoms with Crippen molar-refractivity contribution in [1.82, 2.24) is 0 Å². The molecule has 7 heteroatoms. The number of aliphatic hydroxyl groups excluding tert-OH is 1. The standard InChI is InChI=1S/C16H12FNO4S/c17-15-12-9-5-4-8-11(12)13(19)14(23(15,21)22)16(20)18-10-6-2-1-3-7-10/h1-9,15,19H,(H,18,20). The molecule has 0 aliphatic carbocycles. The zero-order chi connectivity index (χ0) is 16.6. The molecule has 1 atom stereocenters. The van der Waals surface area contributed by atoms with Gasteiger partial charge in [-0.25, -0.2) is 12.8 Å². The minimum Gasteiger partial charge on any atom is -0.506 e. The van der Waals surface area contributed by atoms with E-state index >= 15 is 0 Å². The maximum Gasteiger partial charge on any atom is 0.271 e. The van der Waals surface area contributed by atoms with E-state index in [0.717, 1.165) is 0 Å². The van der Waals surface area contributed by atoms with Gasteiger partial charge in [-0.2, -0.15) is 0 Å². The summed E-state index contributed by atoms with van der Waals surface area (Å²) in [6.45, 7) is 0. The smallest absolute Gasteiger partial charge is 0.271 e. The van der Waals surface area contributed by atoms with Gasteiger partial charge in [-0.1, -0.05) is 42.5 Å². The van der Waals surface area contributed by atoms with Gasteiger partial charge in [-0.05, 0) is 12.1 Å². The van der Waals surface area contributed by atoms with Crippen molar-refractivity contribution in [1.29, 1.82) is 0 Å². The molecule has 2 aromatic carbocycles. The fourth-order valence-corrected chi connectivity index (χ4v) is 3.82. The number of benzene rings is 2. The molecule has 2 aromatic rings. The van der Waals surface area contributed by atoms with Crippen molar-refractivity contribution in [3.8, 4) is 0 Å². The van der Waals surface area contributed by atoms with E-state index < -0.39 is 31.9 Å². The van der Waals surface area contributed by atoms with Crippen LogP contribution in [0, 0.1) is 0 Å². The molecule has 3 rings (SSSR count). The lowest BCUT2D eigenvalue weighted by atomic mass is 10.1. The third-order valence-electron chi connectivity index (χ3n) is 3.47. The van der Waals surface area contributed by atoms with Gasteiger partial charge in [0, 0.05) is 16.8 Å². The lowest BCUT2D eigenvalue weighted by Crippen LogP contribution is -2.28. The Balaban J connectivity index is 2.11. The van der Waals surface area contributed by atoms with Gasteiger partial charge in [0.15, 0.2) is 4.91 Å². The number of aliphatic hydroxyl groups is 1. The second kappa shape index (κ2) is 5.51. The first-order valence-electron chi connectivity index (χ1n) is 6.70. The van der Waals surface area contributed by atoms with E-state index in [1.54, 1.807) is 30.3 Å². The Bertz CT molecular complexity index is 907. The molecule has 1 heterocycles. The van der Waals surface area contributed by atoms with E-state index in [1.807, 2.05) is 0 Å². The number of rotatable bonds is 2. The summed E-state index contributed by atoms with van der Waals surface area (Å²) in [5.74, 6) is -1.83. The summed E-state index contributed by atoms with van der Waals surface area (Å²) in [4.78, 5) is 11.3. The van der Waals surface area contributed by atoms with E-state index in [4.69, 9.17) is 0 Å². The zero-order valence-corrected chi connectivity index (χ0v) is 12.5. The maximum atomic E-state index is 14.4. The van der Waals surface area contributed by atoms with Gasteiger partial charge in [0.05, 0.1) is 0 Å². The van der Waals surface area contributed by atoms with Crippen LogP contribution in [0.2, 0.25) is 0 Å². The van der Waals surface area contributed by atoms with Gasteiger partial charge in [0.25, 0.3) is 5.91 Å². The third kappa shape index (κ3) is 2.49. The Morgan fingerprint density at radius 3 is 2.35 bits per heavy atom. The van der Waals surface area contributed by atoms with Crippen molar-refractivity contribution in [2.45, 2.75) is 5.50 Å². The highest BCUT2D eigenvalue weighted by Crippen LogP contribution is 2.41. The number of carbonyl (C=O) groups excluding carboxylic acids is 1. The van der Waals surface area contributed by atoms with Gasteiger partial charge in [0.1, 0.15) is 5.76 Å². The number of carbonyl (C=O) groups is 1. The highest BCUT2D eigenvalue weighted by atomic mass is 32.2. The highest BCUT2D eigenvalue weighted by Gasteiger charge is 2.43. The second-order valence-corrected chi connectivity index (χ2v) is 6.86. The lowest BCUT2D eigenvalue weighted by molar-refractivity contribution is -0.112. The van der Waals surface area contributed by atoms with Crippen LogP contribution in [0.15, 0.2) is 59.5 Å². The van der Waals surface area contributed by atoms with Crippen molar-refractivity contribution >= 4 is 27.2 Å². The van der Waals surface area contributed by atoms with Crippen molar-refractivity contribution in [2.24, 2.45) is 0 Å². The van der Waals surface area contributed by atoms with Crippen LogP contribution in [0.25, 0.3) is 5.76 Å². The number of fused-ring (bicyclic) bond motifs is 1. The van der Waals surface area contributed by atoms with Gasteiger partial charge in [-0.3, -0.25) is 4.79 Å². The van der Waals surface area contributed by atoms with E-state index in [1.165, 1.54) is 24.3 Å². The molecule has 1 aliphatic heterocycles. The average Bonchev–Trinajstić information content (AvgIpc) is 2.54. The molecule has 118 valence electrons. The number of hydrogen-bond acceptors (Lipinski definition) is 4. The maximum absolute atomic E-state index is 14.4. The van der Waals surface area contributed by atoms with Crippen molar-refractivity contribution < 1.29 is 22.7 Å². The summed E-state index contributed by atoms with van der Waals surface area (Å²) in [7, 11) is -4.63. The molecule has 0 radical (unpaired) electrons. The first-order chi connectivity index (χ1) is 10.9. The van der Waals surface area contributed by atoms with Gasteiger partial charge in [0.2, 0.25) is 15.3 Å². The van der Waals surface area contributed by atoms with Crippen LogP contribution in [0.1, 0.15) is 16.6 Å². The second-order valence-electron chi connectivity index (χ2n) is 4.95. The fourth-order valence-electron chi connectivity index (χ4n) is 2.38. The van der Waals surface area contributed by atoms with Crippen LogP contribution in [0.3, 0.4) is 0 Å². The summed E-state index contributed by atoms with van der Waals surface area (Å²) < 4.78 is 38.9. The molecule has 5 nitrogen and oxygen atoms in total. The van der Waals surface area contributed by atoms with Crippen molar-refractivity contribution in [2.75, 3.05) is 5.32 Å². The Hall–Kier alpha value is -2.67. The molecule has 1 amide bonds. The summed E-state index contributed by atoms with van der Waals surface area (Å²) in [5.41, 5.74) is -2.25. The molecule has 1 aliphatic rings. The van der Waals surface area contributed by atoms with Crippen molar-refractivity contribution in [3.63, 3.8) is 0 Å². The number of alkyl halides is 1. The van der Waals surface area contributed by atoms with Crippen LogP contribution < -0.4 is 5.32 Å². The minimum atomic E-state index is -4.63. The first-order valence-corrected chi connectivity index (χ1v) is 8.24. The van der Waals surface area contributed by atoms with Crippen molar-refractivity contribution in [3.05, 3.63) is 70.6 Å². The normalized spacial score (nSPS) is 19.1. The van der Waals surface area contributed by atoms with Crippen LogP contribution in [0.4, 0.5) is 10.1 Å². The van der Waals surface area contributed by atoms with Crippen LogP contribution >= 0.6 is 0 Å². The quantitative estimate of drug-likeness (QED) is 0.885. The third-order valence-corrected chi connectivity index (χ3v) is 5.22. The number of sulfone groups is 1. The Kier molecular flexibility index (Phi) is 3.65. The fraction of sp³-hybridized carbons (Fsp3) is 0.0625. The number of anilines is 1. The van der Waals surface area contributed by atoms with E-state index in [9.17, 15) is 22.7 Å². The monoisotopic (exact) mass is 333 g/mol. The summed E-state index contributed by atoms with van der Waals surface area (Å²) >= 11 is 0. The number of para-hydroxylation sites is 1. The molecular weight excluding hydrogens is 321 g/mol. The zero-order valence-electron chi connectivity index (χ0n) is 11.7. The summed E-state index contributed by atoms with van der Waals surface area (Å²) in [6, 6.07) is 13.7. The Morgan fingerprint density at radius 1 is 1.04 bits per heavy atom. The molecule has 0 saturated carbocycles. The van der Waals surface area contributed by atoms with Crippen LogP contribution in [-0.2, 0) is 14.6 Å².